The van der Waals surface area contributed by atoms with E-state index in [0.29, 0.717) is 0 Å². The van der Waals surface area contributed by atoms with Crippen LogP contribution in [0.15, 0.2) is 60.7 Å². The van der Waals surface area contributed by atoms with Crippen LogP contribution in [-0.4, -0.2) is 36.1 Å². The molecule has 0 N–H and O–H groups in total. The number of piperazine rings is 1. The second-order valence-electron chi connectivity index (χ2n) is 7.92. The number of nitrogens with zero attached hydrogens (tertiary/aromatic N) is 4. The normalized spacial score (nSPS) is 14.2. The van der Waals surface area contributed by atoms with Gasteiger partial charge in [0.15, 0.2) is 5.82 Å². The number of para-hydroxylation sites is 1. The first kappa shape index (κ1) is 20.6. The fourth-order valence-electron chi connectivity index (χ4n) is 4.17. The minimum absolute atomic E-state index is 0.187. The van der Waals surface area contributed by atoms with Crippen LogP contribution in [-0.2, 0) is 0 Å². The van der Waals surface area contributed by atoms with Gasteiger partial charge in [-0.15, -0.1) is 0 Å². The molecule has 32 heavy (non-hydrogen) atoms. The van der Waals surface area contributed by atoms with Crippen molar-refractivity contribution in [2.75, 3.05) is 36.0 Å². The average molecular weight is 451 g/mol. The maximum absolute atomic E-state index is 14.5. The summed E-state index contributed by atoms with van der Waals surface area (Å²) in [7, 11) is 0. The van der Waals surface area contributed by atoms with Crippen LogP contribution in [0.3, 0.4) is 0 Å². The highest BCUT2D eigenvalue weighted by Gasteiger charge is 2.23. The van der Waals surface area contributed by atoms with E-state index in [9.17, 15) is 8.78 Å². The Labute approximate surface area is 190 Å². The summed E-state index contributed by atoms with van der Waals surface area (Å²) in [6, 6.07) is 17.1. The largest absolute Gasteiger partial charge is 0.368 e. The second-order valence-corrected chi connectivity index (χ2v) is 8.35. The third-order valence-electron chi connectivity index (χ3n) is 5.85. The molecule has 0 aliphatic carbocycles. The minimum atomic E-state index is -0.674. The lowest BCUT2D eigenvalue weighted by Crippen LogP contribution is -2.47. The lowest BCUT2D eigenvalue weighted by molar-refractivity contribution is 0.585. The van der Waals surface area contributed by atoms with Gasteiger partial charge in [-0.1, -0.05) is 29.8 Å². The maximum Gasteiger partial charge on any atom is 0.165 e. The molecule has 0 atom stereocenters. The molecule has 3 aromatic carbocycles. The monoisotopic (exact) mass is 450 g/mol. The van der Waals surface area contributed by atoms with Crippen molar-refractivity contribution in [1.29, 1.82) is 0 Å². The molecule has 0 spiro atoms. The Bertz CT molecular complexity index is 1300. The SMILES string of the molecule is Cc1ccc(Cl)cc1N1CCN(c2nc(-c3ccc(F)cc3F)nc3ccccc23)CC1. The van der Waals surface area contributed by atoms with Crippen molar-refractivity contribution in [3.05, 3.63) is 82.9 Å². The molecule has 2 heterocycles. The number of aromatic nitrogens is 2. The van der Waals surface area contributed by atoms with Gasteiger partial charge in [-0.2, -0.15) is 0 Å². The van der Waals surface area contributed by atoms with Gasteiger partial charge >= 0.3 is 0 Å². The van der Waals surface area contributed by atoms with Gasteiger partial charge < -0.3 is 9.80 Å². The third-order valence-corrected chi connectivity index (χ3v) is 6.08. The lowest BCUT2D eigenvalue weighted by atomic mass is 10.1. The summed E-state index contributed by atoms with van der Waals surface area (Å²) in [5, 5.41) is 1.63. The van der Waals surface area contributed by atoms with Crippen molar-refractivity contribution in [3.8, 4) is 11.4 Å². The Morgan fingerprint density at radius 2 is 1.59 bits per heavy atom. The molecule has 0 bridgehead atoms. The van der Waals surface area contributed by atoms with E-state index in [0.717, 1.165) is 59.7 Å². The van der Waals surface area contributed by atoms with Crippen molar-refractivity contribution < 1.29 is 8.78 Å². The van der Waals surface area contributed by atoms with Gasteiger partial charge in [0.1, 0.15) is 17.5 Å². The molecule has 1 aliphatic rings. The van der Waals surface area contributed by atoms with Gasteiger partial charge in [0.25, 0.3) is 0 Å². The summed E-state index contributed by atoms with van der Waals surface area (Å²) in [6.07, 6.45) is 0. The van der Waals surface area contributed by atoms with Crippen molar-refractivity contribution in [1.82, 2.24) is 9.97 Å². The standard InChI is InChI=1S/C25H21ClF2N4/c1-16-6-7-17(26)14-23(16)31-10-12-32(13-11-31)25-20-4-2-3-5-22(20)29-24(30-25)19-9-8-18(27)15-21(19)28/h2-9,14-15H,10-13H2,1H3. The maximum atomic E-state index is 14.5. The van der Waals surface area contributed by atoms with Crippen LogP contribution in [0.4, 0.5) is 20.3 Å². The Balaban J connectivity index is 1.49. The summed E-state index contributed by atoms with van der Waals surface area (Å²) in [4.78, 5) is 13.8. The topological polar surface area (TPSA) is 32.3 Å². The first-order chi connectivity index (χ1) is 15.5. The number of aryl methyl sites for hydroxylation is 1. The van der Waals surface area contributed by atoms with Gasteiger partial charge in [-0.25, -0.2) is 18.7 Å². The van der Waals surface area contributed by atoms with Crippen LogP contribution in [0.25, 0.3) is 22.3 Å². The quantitative estimate of drug-likeness (QED) is 0.391. The summed E-state index contributed by atoms with van der Waals surface area (Å²) in [5.74, 6) is -0.284. The predicted octanol–water partition coefficient (Wildman–Crippen LogP) is 5.86. The molecule has 4 aromatic rings. The molecule has 1 aliphatic heterocycles. The number of hydrogen-bond donors (Lipinski definition) is 0. The van der Waals surface area contributed by atoms with Crippen molar-refractivity contribution in [2.24, 2.45) is 0 Å². The van der Waals surface area contributed by atoms with E-state index >= 15 is 0 Å². The molecule has 0 saturated carbocycles. The van der Waals surface area contributed by atoms with Crippen LogP contribution in [0.2, 0.25) is 5.02 Å². The summed E-state index contributed by atoms with van der Waals surface area (Å²) in [5.41, 5.74) is 3.24. The smallest absolute Gasteiger partial charge is 0.165 e. The highest BCUT2D eigenvalue weighted by atomic mass is 35.5. The Kier molecular flexibility index (Phi) is 5.39. The third kappa shape index (κ3) is 3.86. The molecule has 1 fully saturated rings. The lowest BCUT2D eigenvalue weighted by Gasteiger charge is -2.38. The Morgan fingerprint density at radius 1 is 0.844 bits per heavy atom. The van der Waals surface area contributed by atoms with Gasteiger partial charge in [0, 0.05) is 48.3 Å². The zero-order valence-corrected chi connectivity index (χ0v) is 18.3. The minimum Gasteiger partial charge on any atom is -0.368 e. The number of rotatable bonds is 3. The van der Waals surface area contributed by atoms with Crippen LogP contribution < -0.4 is 9.80 Å². The molecular formula is C25H21ClF2N4. The molecule has 4 nitrogen and oxygen atoms in total. The molecule has 1 saturated heterocycles. The Hall–Kier alpha value is -3.25. The fourth-order valence-corrected chi connectivity index (χ4v) is 4.34. The number of hydrogen-bond acceptors (Lipinski definition) is 4. The predicted molar refractivity (Wildman–Crippen MR) is 126 cm³/mol. The number of benzene rings is 3. The van der Waals surface area contributed by atoms with Crippen molar-refractivity contribution >= 4 is 34.0 Å². The van der Waals surface area contributed by atoms with E-state index in [-0.39, 0.29) is 11.4 Å². The summed E-state index contributed by atoms with van der Waals surface area (Å²) >= 11 is 6.22. The number of anilines is 2. The molecule has 0 unspecified atom stereocenters. The van der Waals surface area contributed by atoms with E-state index in [1.807, 2.05) is 42.5 Å². The highest BCUT2D eigenvalue weighted by molar-refractivity contribution is 6.30. The van der Waals surface area contributed by atoms with Crippen molar-refractivity contribution in [3.63, 3.8) is 0 Å². The van der Waals surface area contributed by atoms with Crippen LogP contribution >= 0.6 is 11.6 Å². The first-order valence-corrected chi connectivity index (χ1v) is 10.9. The van der Waals surface area contributed by atoms with Gasteiger partial charge in [0.05, 0.1) is 11.1 Å². The zero-order valence-electron chi connectivity index (χ0n) is 17.5. The average Bonchev–Trinajstić information content (AvgIpc) is 2.80. The van der Waals surface area contributed by atoms with E-state index in [2.05, 4.69) is 21.7 Å². The second kappa shape index (κ2) is 8.36. The Morgan fingerprint density at radius 3 is 2.38 bits per heavy atom. The number of fused-ring (bicyclic) bond motifs is 1. The van der Waals surface area contributed by atoms with Gasteiger partial charge in [-0.3, -0.25) is 0 Å². The molecule has 162 valence electrons. The molecule has 5 rings (SSSR count). The zero-order chi connectivity index (χ0) is 22.2. The molecule has 7 heteroatoms. The summed E-state index contributed by atoms with van der Waals surface area (Å²) in [6.45, 7) is 5.19. The van der Waals surface area contributed by atoms with Crippen LogP contribution in [0.5, 0.6) is 0 Å². The van der Waals surface area contributed by atoms with Crippen LogP contribution in [0, 0.1) is 18.6 Å². The van der Waals surface area contributed by atoms with Gasteiger partial charge in [0.2, 0.25) is 0 Å². The molecule has 0 radical (unpaired) electrons. The first-order valence-electron chi connectivity index (χ1n) is 10.5. The van der Waals surface area contributed by atoms with Crippen LogP contribution in [0.1, 0.15) is 5.56 Å². The molecule has 0 amide bonds. The summed E-state index contributed by atoms with van der Waals surface area (Å²) < 4.78 is 27.9. The highest BCUT2D eigenvalue weighted by Crippen LogP contribution is 2.31. The van der Waals surface area contributed by atoms with E-state index in [4.69, 9.17) is 16.6 Å². The van der Waals surface area contributed by atoms with E-state index < -0.39 is 11.6 Å². The van der Waals surface area contributed by atoms with E-state index in [1.54, 1.807) is 0 Å². The fraction of sp³-hybridized carbons (Fsp3) is 0.200. The van der Waals surface area contributed by atoms with Crippen molar-refractivity contribution in [2.45, 2.75) is 6.92 Å². The van der Waals surface area contributed by atoms with E-state index in [1.165, 1.54) is 17.7 Å². The van der Waals surface area contributed by atoms with Gasteiger partial charge in [-0.05, 0) is 48.9 Å². The number of halogens is 3. The molecular weight excluding hydrogens is 430 g/mol. The molecule has 1 aromatic heterocycles.